The average molecular weight is 324 g/mol. The van der Waals surface area contributed by atoms with Crippen molar-refractivity contribution >= 4 is 5.91 Å². The molecule has 23 heavy (non-hydrogen) atoms. The number of nitrogens with one attached hydrogen (secondary N) is 1. The van der Waals surface area contributed by atoms with E-state index in [2.05, 4.69) is 5.43 Å². The Hall–Kier alpha value is -2.06. The third kappa shape index (κ3) is 3.65. The van der Waals surface area contributed by atoms with E-state index in [4.69, 9.17) is 15.2 Å². The van der Waals surface area contributed by atoms with E-state index in [0.29, 0.717) is 32.1 Å². The number of aromatic nitrogens is 1. The zero-order chi connectivity index (χ0) is 16.8. The molecule has 128 valence electrons. The minimum atomic E-state index is -0.323. The quantitative estimate of drug-likeness (QED) is 0.658. The summed E-state index contributed by atoms with van der Waals surface area (Å²) in [4.78, 5) is 26.6. The first-order valence-corrected chi connectivity index (χ1v) is 7.77. The Morgan fingerprint density at radius 1 is 1.35 bits per heavy atom. The lowest BCUT2D eigenvalue weighted by molar-refractivity contribution is 0.0659. The van der Waals surface area contributed by atoms with Crippen molar-refractivity contribution in [2.45, 2.75) is 26.3 Å². The molecule has 0 atom stereocenters. The van der Waals surface area contributed by atoms with E-state index in [1.54, 1.807) is 16.7 Å². The summed E-state index contributed by atoms with van der Waals surface area (Å²) in [5.41, 5.74) is 9.22. The number of hydrogen-bond donors (Lipinski definition) is 2. The standard InChI is InChI=1S/C15H24N4O4/c1-3-4-6-23-14-12(20)8-11(9-16)19-13(14)15(21)18(10-17-19)5-7-22-2/h8,17H,3-7,9-10,16H2,1-2H3. The van der Waals surface area contributed by atoms with Gasteiger partial charge in [-0.15, -0.1) is 0 Å². The lowest BCUT2D eigenvalue weighted by atomic mass is 10.2. The monoisotopic (exact) mass is 324 g/mol. The van der Waals surface area contributed by atoms with Gasteiger partial charge in [0.15, 0.2) is 11.4 Å². The van der Waals surface area contributed by atoms with E-state index < -0.39 is 0 Å². The largest absolute Gasteiger partial charge is 0.487 e. The number of nitrogens with two attached hydrogens (primary N) is 1. The number of unbranched alkanes of at least 4 members (excludes halogenated alkanes) is 1. The van der Waals surface area contributed by atoms with Crippen LogP contribution in [-0.4, -0.2) is 49.0 Å². The number of carbonyl (C=O) groups is 1. The minimum Gasteiger partial charge on any atom is -0.487 e. The smallest absolute Gasteiger partial charge is 0.277 e. The molecule has 0 fully saturated rings. The molecule has 1 aromatic heterocycles. The topological polar surface area (TPSA) is 98.8 Å². The van der Waals surface area contributed by atoms with Crippen LogP contribution >= 0.6 is 0 Å². The van der Waals surface area contributed by atoms with Crippen LogP contribution in [0.15, 0.2) is 10.9 Å². The van der Waals surface area contributed by atoms with Crippen molar-refractivity contribution in [3.05, 3.63) is 27.7 Å². The molecule has 2 heterocycles. The van der Waals surface area contributed by atoms with Crippen LogP contribution in [0.4, 0.5) is 0 Å². The molecule has 0 radical (unpaired) electrons. The predicted molar refractivity (Wildman–Crippen MR) is 86.1 cm³/mol. The average Bonchev–Trinajstić information content (AvgIpc) is 2.55. The Balaban J connectivity index is 2.41. The van der Waals surface area contributed by atoms with Gasteiger partial charge in [-0.3, -0.25) is 14.3 Å². The van der Waals surface area contributed by atoms with Gasteiger partial charge >= 0.3 is 0 Å². The van der Waals surface area contributed by atoms with Crippen LogP contribution in [0.1, 0.15) is 35.9 Å². The number of amides is 1. The molecule has 8 nitrogen and oxygen atoms in total. The molecule has 0 aromatic carbocycles. The normalized spacial score (nSPS) is 13.7. The van der Waals surface area contributed by atoms with Crippen molar-refractivity contribution in [3.8, 4) is 5.75 Å². The molecule has 1 amide bonds. The number of rotatable bonds is 8. The molecular weight excluding hydrogens is 300 g/mol. The van der Waals surface area contributed by atoms with E-state index in [1.165, 1.54) is 6.07 Å². The summed E-state index contributed by atoms with van der Waals surface area (Å²) in [6.45, 7) is 3.74. The van der Waals surface area contributed by atoms with Crippen molar-refractivity contribution in [1.29, 1.82) is 0 Å². The highest BCUT2D eigenvalue weighted by molar-refractivity contribution is 5.96. The fraction of sp³-hybridized carbons (Fsp3) is 0.600. The van der Waals surface area contributed by atoms with Gasteiger partial charge in [0.05, 0.1) is 18.9 Å². The molecule has 0 bridgehead atoms. The Morgan fingerprint density at radius 2 is 2.13 bits per heavy atom. The number of ether oxygens (including phenoxy) is 2. The molecule has 8 heteroatoms. The summed E-state index contributed by atoms with van der Waals surface area (Å²) in [6.07, 6.45) is 1.75. The molecule has 2 rings (SSSR count). The van der Waals surface area contributed by atoms with Crippen molar-refractivity contribution in [3.63, 3.8) is 0 Å². The fourth-order valence-electron chi connectivity index (χ4n) is 2.38. The number of fused-ring (bicyclic) bond motifs is 1. The summed E-state index contributed by atoms with van der Waals surface area (Å²) in [7, 11) is 1.58. The van der Waals surface area contributed by atoms with Crippen LogP contribution in [-0.2, 0) is 11.3 Å². The van der Waals surface area contributed by atoms with Crippen LogP contribution in [0.3, 0.4) is 0 Å². The molecule has 3 N–H and O–H groups in total. The second-order valence-corrected chi connectivity index (χ2v) is 5.30. The number of hydrogen-bond acceptors (Lipinski definition) is 6. The van der Waals surface area contributed by atoms with E-state index in [9.17, 15) is 9.59 Å². The Morgan fingerprint density at radius 3 is 2.78 bits per heavy atom. The Labute approximate surface area is 135 Å². The summed E-state index contributed by atoms with van der Waals surface area (Å²) in [5.74, 6) is -0.185. The second kappa shape index (κ2) is 7.98. The van der Waals surface area contributed by atoms with Gasteiger partial charge in [-0.05, 0) is 6.42 Å². The number of pyridine rings is 1. The Bertz CT molecular complexity index is 614. The van der Waals surface area contributed by atoms with Crippen LogP contribution < -0.4 is 21.3 Å². The van der Waals surface area contributed by atoms with Crippen LogP contribution in [0.2, 0.25) is 0 Å². The van der Waals surface area contributed by atoms with Crippen LogP contribution in [0.25, 0.3) is 0 Å². The maximum absolute atomic E-state index is 12.7. The van der Waals surface area contributed by atoms with Crippen molar-refractivity contribution < 1.29 is 14.3 Å². The summed E-state index contributed by atoms with van der Waals surface area (Å²) in [6, 6.07) is 1.41. The number of nitrogens with zero attached hydrogens (tertiary/aromatic N) is 2. The van der Waals surface area contributed by atoms with Gasteiger partial charge in [-0.1, -0.05) is 13.3 Å². The SMILES string of the molecule is CCCCOc1c2n(c(CN)cc1=O)NCN(CCOC)C2=O. The molecule has 0 unspecified atom stereocenters. The molecule has 0 aliphatic carbocycles. The van der Waals surface area contributed by atoms with Gasteiger partial charge < -0.3 is 25.5 Å². The lowest BCUT2D eigenvalue weighted by Crippen LogP contribution is -2.49. The predicted octanol–water partition coefficient (Wildman–Crippen LogP) is 0.0891. The van der Waals surface area contributed by atoms with Crippen molar-refractivity contribution in [2.24, 2.45) is 5.73 Å². The first kappa shape index (κ1) is 17.3. The number of methoxy groups -OCH3 is 1. The number of carbonyl (C=O) groups excluding carboxylic acids is 1. The van der Waals surface area contributed by atoms with Crippen molar-refractivity contribution in [1.82, 2.24) is 9.58 Å². The third-order valence-electron chi connectivity index (χ3n) is 3.68. The van der Waals surface area contributed by atoms with Gasteiger partial charge in [0.2, 0.25) is 5.43 Å². The molecule has 0 saturated carbocycles. The fourth-order valence-corrected chi connectivity index (χ4v) is 2.38. The maximum Gasteiger partial charge on any atom is 0.277 e. The molecule has 1 aliphatic heterocycles. The van der Waals surface area contributed by atoms with E-state index in [1.807, 2.05) is 6.92 Å². The van der Waals surface area contributed by atoms with Crippen molar-refractivity contribution in [2.75, 3.05) is 39.0 Å². The first-order chi connectivity index (χ1) is 11.1. The van der Waals surface area contributed by atoms with Gasteiger partial charge in [0.1, 0.15) is 6.67 Å². The third-order valence-corrected chi connectivity index (χ3v) is 3.68. The molecule has 0 saturated heterocycles. The second-order valence-electron chi connectivity index (χ2n) is 5.30. The summed E-state index contributed by atoms with van der Waals surface area (Å²) < 4.78 is 12.2. The van der Waals surface area contributed by atoms with Gasteiger partial charge in [0, 0.05) is 26.3 Å². The van der Waals surface area contributed by atoms with Crippen LogP contribution in [0.5, 0.6) is 5.75 Å². The molecule has 1 aliphatic rings. The van der Waals surface area contributed by atoms with E-state index >= 15 is 0 Å². The van der Waals surface area contributed by atoms with E-state index in [-0.39, 0.29) is 29.3 Å². The Kier molecular flexibility index (Phi) is 6.00. The maximum atomic E-state index is 12.7. The summed E-state index contributed by atoms with van der Waals surface area (Å²) in [5, 5.41) is 0. The highest BCUT2D eigenvalue weighted by atomic mass is 16.5. The van der Waals surface area contributed by atoms with Crippen LogP contribution in [0, 0.1) is 0 Å². The highest BCUT2D eigenvalue weighted by Gasteiger charge is 2.30. The summed E-state index contributed by atoms with van der Waals surface area (Å²) >= 11 is 0. The lowest BCUT2D eigenvalue weighted by Gasteiger charge is -2.33. The highest BCUT2D eigenvalue weighted by Crippen LogP contribution is 2.20. The molecule has 1 aromatic rings. The zero-order valence-electron chi connectivity index (χ0n) is 13.6. The van der Waals surface area contributed by atoms with E-state index in [0.717, 1.165) is 12.8 Å². The zero-order valence-corrected chi connectivity index (χ0v) is 13.6. The molecular formula is C15H24N4O4. The first-order valence-electron chi connectivity index (χ1n) is 7.77. The molecule has 0 spiro atoms. The van der Waals surface area contributed by atoms with Gasteiger partial charge in [0.25, 0.3) is 5.91 Å². The minimum absolute atomic E-state index is 0.0790. The van der Waals surface area contributed by atoms with Gasteiger partial charge in [-0.25, -0.2) is 0 Å². The van der Waals surface area contributed by atoms with Gasteiger partial charge in [-0.2, -0.15) is 0 Å².